The molecule has 30 heavy (non-hydrogen) atoms. The minimum Gasteiger partial charge on any atom is -0.325 e. The van der Waals surface area contributed by atoms with Crippen molar-refractivity contribution in [1.82, 2.24) is 4.98 Å². The first kappa shape index (κ1) is 21.7. The number of pyridine rings is 1. The number of alkyl halides is 3. The van der Waals surface area contributed by atoms with Crippen LogP contribution in [-0.2, 0) is 11.0 Å². The number of anilines is 1. The Kier molecular flexibility index (Phi) is 6.32. The first-order chi connectivity index (χ1) is 14.2. The average Bonchev–Trinajstić information content (AvgIpc) is 2.70. The minimum absolute atomic E-state index is 0.177. The fourth-order valence-electron chi connectivity index (χ4n) is 2.89. The van der Waals surface area contributed by atoms with Crippen LogP contribution in [0.1, 0.15) is 36.5 Å². The van der Waals surface area contributed by atoms with Gasteiger partial charge in [0.2, 0.25) is 5.91 Å². The number of hydrogen-bond donors (Lipinski definition) is 1. The van der Waals surface area contributed by atoms with E-state index in [-0.39, 0.29) is 11.4 Å². The van der Waals surface area contributed by atoms with Crippen LogP contribution in [-0.4, -0.2) is 16.6 Å². The van der Waals surface area contributed by atoms with E-state index < -0.39 is 17.6 Å². The van der Waals surface area contributed by atoms with Crippen molar-refractivity contribution in [3.63, 3.8) is 0 Å². The molecule has 4 nitrogen and oxygen atoms in total. The Morgan fingerprint density at radius 3 is 2.60 bits per heavy atom. The van der Waals surface area contributed by atoms with E-state index >= 15 is 0 Å². The fourth-order valence-corrected chi connectivity index (χ4v) is 3.65. The number of amides is 1. The maximum Gasteiger partial charge on any atom is 0.418 e. The summed E-state index contributed by atoms with van der Waals surface area (Å²) in [5.41, 5.74) is 0.909. The lowest BCUT2D eigenvalue weighted by molar-refractivity contribution is -0.137. The number of nitriles is 1. The fraction of sp³-hybridized carbons (Fsp3) is 0.227. The molecule has 1 aromatic heterocycles. The Balaban J connectivity index is 1.78. The number of benzene rings is 2. The van der Waals surface area contributed by atoms with Crippen LogP contribution in [0.25, 0.3) is 10.9 Å². The van der Waals surface area contributed by atoms with Gasteiger partial charge in [-0.1, -0.05) is 43.8 Å². The molecule has 1 N–H and O–H groups in total. The zero-order valence-corrected chi connectivity index (χ0v) is 17.1. The van der Waals surface area contributed by atoms with E-state index in [4.69, 9.17) is 0 Å². The van der Waals surface area contributed by atoms with E-state index in [1.54, 1.807) is 6.07 Å². The number of rotatable bonds is 5. The van der Waals surface area contributed by atoms with Gasteiger partial charge in [-0.05, 0) is 41.8 Å². The van der Waals surface area contributed by atoms with Crippen LogP contribution >= 0.6 is 11.8 Å². The monoisotopic (exact) mass is 429 g/mol. The second-order valence-corrected chi connectivity index (χ2v) is 7.90. The normalized spacial score (nSPS) is 11.5. The summed E-state index contributed by atoms with van der Waals surface area (Å²) in [6.07, 6.45) is -4.57. The third-order valence-corrected chi connectivity index (χ3v) is 5.43. The maximum atomic E-state index is 13.1. The van der Waals surface area contributed by atoms with Gasteiger partial charge in [0.05, 0.1) is 28.1 Å². The van der Waals surface area contributed by atoms with E-state index in [9.17, 15) is 23.2 Å². The zero-order chi connectivity index (χ0) is 21.9. The van der Waals surface area contributed by atoms with Crippen LogP contribution < -0.4 is 5.32 Å². The molecule has 8 heteroatoms. The van der Waals surface area contributed by atoms with E-state index in [2.05, 4.69) is 30.2 Å². The molecule has 154 valence electrons. The number of halogens is 3. The number of para-hydroxylation sites is 1. The quantitative estimate of drug-likeness (QED) is 0.507. The molecule has 0 aliphatic heterocycles. The number of carbonyl (C=O) groups is 1. The van der Waals surface area contributed by atoms with Gasteiger partial charge in [-0.2, -0.15) is 18.4 Å². The van der Waals surface area contributed by atoms with Gasteiger partial charge in [-0.15, -0.1) is 0 Å². The highest BCUT2D eigenvalue weighted by molar-refractivity contribution is 8.00. The molecule has 0 aliphatic carbocycles. The van der Waals surface area contributed by atoms with E-state index in [0.29, 0.717) is 22.0 Å². The number of fused-ring (bicyclic) bond motifs is 1. The second kappa shape index (κ2) is 8.76. The predicted molar refractivity (Wildman–Crippen MR) is 111 cm³/mol. The van der Waals surface area contributed by atoms with Crippen molar-refractivity contribution in [1.29, 1.82) is 5.26 Å². The molecule has 0 aliphatic rings. The van der Waals surface area contributed by atoms with Gasteiger partial charge in [0.25, 0.3) is 0 Å². The molecular formula is C22H18F3N3OS. The van der Waals surface area contributed by atoms with Crippen molar-refractivity contribution >= 4 is 34.3 Å². The summed E-state index contributed by atoms with van der Waals surface area (Å²) >= 11 is 1.01. The Hall–Kier alpha value is -3.05. The van der Waals surface area contributed by atoms with Gasteiger partial charge in [0.1, 0.15) is 11.1 Å². The number of carbonyl (C=O) groups excluding carboxylic acids is 1. The van der Waals surface area contributed by atoms with Crippen molar-refractivity contribution in [3.8, 4) is 6.07 Å². The lowest BCUT2D eigenvalue weighted by Gasteiger charge is -2.13. The standard InChI is InChI=1S/C22H18F3N3OS/c1-13(2)14-7-8-18-15(9-14)10-16(11-26)21(28-18)30-12-20(29)27-19-6-4-3-5-17(19)22(23,24)25/h3-10,13H,12H2,1-2H3,(H,27,29). The molecule has 1 amide bonds. The molecule has 3 aromatic rings. The molecule has 0 spiro atoms. The lowest BCUT2D eigenvalue weighted by Crippen LogP contribution is -2.18. The molecule has 0 unspecified atom stereocenters. The molecule has 0 atom stereocenters. The molecule has 2 aromatic carbocycles. The lowest BCUT2D eigenvalue weighted by atomic mass is 10.0. The van der Waals surface area contributed by atoms with Gasteiger partial charge in [0.15, 0.2) is 0 Å². The topological polar surface area (TPSA) is 65.8 Å². The first-order valence-electron chi connectivity index (χ1n) is 9.12. The summed E-state index contributed by atoms with van der Waals surface area (Å²) in [5, 5.41) is 12.9. The SMILES string of the molecule is CC(C)c1ccc2nc(SCC(=O)Nc3ccccc3C(F)(F)F)c(C#N)cc2c1. The molecular weight excluding hydrogens is 411 g/mol. The maximum absolute atomic E-state index is 13.1. The molecule has 1 heterocycles. The van der Waals surface area contributed by atoms with Crippen LogP contribution in [0.3, 0.4) is 0 Å². The number of nitrogens with one attached hydrogen (secondary N) is 1. The van der Waals surface area contributed by atoms with Crippen molar-refractivity contribution < 1.29 is 18.0 Å². The first-order valence-corrected chi connectivity index (χ1v) is 10.1. The predicted octanol–water partition coefficient (Wildman–Crippen LogP) is 5.98. The second-order valence-electron chi connectivity index (χ2n) is 6.94. The minimum atomic E-state index is -4.57. The third kappa shape index (κ3) is 4.92. The van der Waals surface area contributed by atoms with Crippen molar-refractivity contribution in [2.45, 2.75) is 31.0 Å². The summed E-state index contributed by atoms with van der Waals surface area (Å²) in [6, 6.07) is 14.4. The highest BCUT2D eigenvalue weighted by atomic mass is 32.2. The van der Waals surface area contributed by atoms with Gasteiger partial charge >= 0.3 is 6.18 Å². The Morgan fingerprint density at radius 2 is 1.93 bits per heavy atom. The summed E-state index contributed by atoms with van der Waals surface area (Å²) < 4.78 is 39.2. The average molecular weight is 429 g/mol. The molecule has 3 rings (SSSR count). The summed E-state index contributed by atoms with van der Waals surface area (Å²) in [7, 11) is 0. The van der Waals surface area contributed by atoms with Crippen LogP contribution in [0, 0.1) is 11.3 Å². The van der Waals surface area contributed by atoms with Gasteiger partial charge in [-0.3, -0.25) is 4.79 Å². The molecule has 0 fully saturated rings. The van der Waals surface area contributed by atoms with E-state index in [1.807, 2.05) is 18.2 Å². The van der Waals surface area contributed by atoms with Crippen LogP contribution in [0.4, 0.5) is 18.9 Å². The zero-order valence-electron chi connectivity index (χ0n) is 16.2. The number of thioether (sulfide) groups is 1. The Labute approximate surface area is 176 Å². The van der Waals surface area contributed by atoms with Gasteiger partial charge in [0, 0.05) is 5.39 Å². The number of nitrogens with zero attached hydrogens (tertiary/aromatic N) is 2. The molecule has 0 saturated carbocycles. The Morgan fingerprint density at radius 1 is 1.20 bits per heavy atom. The Bertz CT molecular complexity index is 1140. The molecule has 0 radical (unpaired) electrons. The van der Waals surface area contributed by atoms with Crippen molar-refractivity contribution in [2.24, 2.45) is 0 Å². The van der Waals surface area contributed by atoms with Crippen LogP contribution in [0.15, 0.2) is 53.6 Å². The largest absolute Gasteiger partial charge is 0.418 e. The summed E-state index contributed by atoms with van der Waals surface area (Å²) in [6.45, 7) is 4.14. The smallest absolute Gasteiger partial charge is 0.325 e. The highest BCUT2D eigenvalue weighted by Gasteiger charge is 2.33. The molecule has 0 saturated heterocycles. The van der Waals surface area contributed by atoms with E-state index in [0.717, 1.165) is 28.8 Å². The van der Waals surface area contributed by atoms with Crippen LogP contribution in [0.5, 0.6) is 0 Å². The highest BCUT2D eigenvalue weighted by Crippen LogP contribution is 2.35. The summed E-state index contributed by atoms with van der Waals surface area (Å²) in [4.78, 5) is 16.7. The number of hydrogen-bond acceptors (Lipinski definition) is 4. The summed E-state index contributed by atoms with van der Waals surface area (Å²) in [5.74, 6) is -0.460. The number of aromatic nitrogens is 1. The van der Waals surface area contributed by atoms with Gasteiger partial charge in [-0.25, -0.2) is 4.98 Å². The van der Waals surface area contributed by atoms with Crippen LogP contribution in [0.2, 0.25) is 0 Å². The van der Waals surface area contributed by atoms with E-state index in [1.165, 1.54) is 18.2 Å². The van der Waals surface area contributed by atoms with Gasteiger partial charge < -0.3 is 5.32 Å². The molecule has 0 bridgehead atoms. The third-order valence-electron chi connectivity index (χ3n) is 4.44. The van der Waals surface area contributed by atoms with Crippen molar-refractivity contribution in [2.75, 3.05) is 11.1 Å². The van der Waals surface area contributed by atoms with Crippen molar-refractivity contribution in [3.05, 3.63) is 65.2 Å².